The summed E-state index contributed by atoms with van der Waals surface area (Å²) in [6, 6.07) is 10.7. The number of para-hydroxylation sites is 1. The second-order valence-electron chi connectivity index (χ2n) is 7.05. The van der Waals surface area contributed by atoms with E-state index in [1.807, 2.05) is 24.3 Å². The van der Waals surface area contributed by atoms with E-state index in [2.05, 4.69) is 23.1 Å². The Morgan fingerprint density at radius 1 is 1.13 bits per heavy atom. The summed E-state index contributed by atoms with van der Waals surface area (Å²) < 4.78 is 16.5. The number of hydrogen-bond acceptors (Lipinski definition) is 6. The van der Waals surface area contributed by atoms with Crippen LogP contribution in [0.25, 0.3) is 0 Å². The number of halogens is 1. The molecule has 1 aliphatic rings. The molecule has 7 nitrogen and oxygen atoms in total. The lowest BCUT2D eigenvalue weighted by atomic mass is 10.0. The molecular formula is C22H28ClN3O4. The molecular weight excluding hydrogens is 406 g/mol. The van der Waals surface area contributed by atoms with Gasteiger partial charge in [0.15, 0.2) is 0 Å². The molecule has 1 saturated heterocycles. The molecule has 0 saturated carbocycles. The van der Waals surface area contributed by atoms with Crippen molar-refractivity contribution in [3.8, 4) is 17.2 Å². The summed E-state index contributed by atoms with van der Waals surface area (Å²) >= 11 is 6.20. The van der Waals surface area contributed by atoms with Crippen LogP contribution in [0.2, 0.25) is 5.02 Å². The number of methoxy groups -OCH3 is 2. The monoisotopic (exact) mass is 433 g/mol. The molecule has 0 aliphatic carbocycles. The molecule has 1 fully saturated rings. The molecule has 2 atom stereocenters. The third-order valence-electron chi connectivity index (χ3n) is 5.00. The van der Waals surface area contributed by atoms with Crippen LogP contribution in [0.15, 0.2) is 36.4 Å². The minimum atomic E-state index is -0.427. The Labute approximate surface area is 182 Å². The summed E-state index contributed by atoms with van der Waals surface area (Å²) in [5.41, 5.74) is 7.81. The van der Waals surface area contributed by atoms with Crippen molar-refractivity contribution < 1.29 is 19.0 Å². The first-order chi connectivity index (χ1) is 14.6. The van der Waals surface area contributed by atoms with Crippen molar-refractivity contribution in [2.45, 2.75) is 38.3 Å². The van der Waals surface area contributed by atoms with Crippen LogP contribution in [0.5, 0.6) is 17.2 Å². The molecule has 0 bridgehead atoms. The lowest BCUT2D eigenvalue weighted by molar-refractivity contribution is -0.117. The third-order valence-corrected chi connectivity index (χ3v) is 5.30. The minimum Gasteiger partial charge on any atom is -0.495 e. The predicted octanol–water partition coefficient (Wildman–Crippen LogP) is 4.08. The van der Waals surface area contributed by atoms with Crippen LogP contribution in [-0.2, 0) is 4.79 Å². The number of amides is 1. The Balaban J connectivity index is 1.68. The molecule has 2 aromatic carbocycles. The molecule has 1 heterocycles. The highest BCUT2D eigenvalue weighted by atomic mass is 35.5. The van der Waals surface area contributed by atoms with Gasteiger partial charge < -0.3 is 19.5 Å². The molecule has 2 unspecified atom stereocenters. The van der Waals surface area contributed by atoms with Crippen LogP contribution in [0, 0.1) is 0 Å². The number of benzene rings is 2. The van der Waals surface area contributed by atoms with Crippen LogP contribution in [0.3, 0.4) is 0 Å². The number of hydrogen-bond donors (Lipinski definition) is 3. The van der Waals surface area contributed by atoms with Crippen molar-refractivity contribution in [3.05, 3.63) is 47.0 Å². The summed E-state index contributed by atoms with van der Waals surface area (Å²) in [5.74, 6) is 1.61. The SMILES string of the molecule is CCCCOc1ccccc1C1CC(C(=O)Nc2cc(Cl)c(OC)cc2OC)NN1. The van der Waals surface area contributed by atoms with Gasteiger partial charge in [-0.1, -0.05) is 43.1 Å². The minimum absolute atomic E-state index is 0.0417. The number of anilines is 1. The number of carbonyl (C=O) groups excluding carboxylic acids is 1. The quantitative estimate of drug-likeness (QED) is 0.517. The summed E-state index contributed by atoms with van der Waals surface area (Å²) in [6.45, 7) is 2.81. The number of nitrogens with one attached hydrogen (secondary N) is 3. The van der Waals surface area contributed by atoms with Crippen LogP contribution in [0.1, 0.15) is 37.8 Å². The Morgan fingerprint density at radius 2 is 1.90 bits per heavy atom. The molecule has 3 rings (SSSR count). The lowest BCUT2D eigenvalue weighted by Crippen LogP contribution is -2.39. The smallest absolute Gasteiger partial charge is 0.243 e. The Morgan fingerprint density at radius 3 is 2.63 bits per heavy atom. The molecule has 0 aromatic heterocycles. The average molecular weight is 434 g/mol. The molecule has 8 heteroatoms. The molecule has 1 amide bonds. The maximum Gasteiger partial charge on any atom is 0.243 e. The van der Waals surface area contributed by atoms with Gasteiger partial charge in [-0.25, -0.2) is 10.9 Å². The van der Waals surface area contributed by atoms with Gasteiger partial charge >= 0.3 is 0 Å². The fourth-order valence-corrected chi connectivity index (χ4v) is 3.58. The summed E-state index contributed by atoms with van der Waals surface area (Å²) in [6.07, 6.45) is 2.65. The first-order valence-electron chi connectivity index (χ1n) is 10.0. The normalized spacial score (nSPS) is 18.1. The topological polar surface area (TPSA) is 80.9 Å². The van der Waals surface area contributed by atoms with Gasteiger partial charge in [0.05, 0.1) is 37.6 Å². The molecule has 0 spiro atoms. The van der Waals surface area contributed by atoms with Gasteiger partial charge in [-0.2, -0.15) is 0 Å². The number of hydrazine groups is 1. The van der Waals surface area contributed by atoms with Crippen molar-refractivity contribution in [2.24, 2.45) is 0 Å². The van der Waals surface area contributed by atoms with E-state index in [1.54, 1.807) is 12.1 Å². The van der Waals surface area contributed by atoms with Crippen molar-refractivity contribution in [2.75, 3.05) is 26.1 Å². The Hall–Kier alpha value is -2.48. The second-order valence-corrected chi connectivity index (χ2v) is 7.45. The van der Waals surface area contributed by atoms with E-state index < -0.39 is 6.04 Å². The molecule has 162 valence electrons. The number of unbranched alkanes of at least 4 members (excludes halogenated alkanes) is 1. The Kier molecular flexibility index (Phi) is 7.79. The first-order valence-corrected chi connectivity index (χ1v) is 10.4. The highest BCUT2D eigenvalue weighted by Gasteiger charge is 2.32. The number of ether oxygens (including phenoxy) is 3. The van der Waals surface area contributed by atoms with Gasteiger partial charge in [0.2, 0.25) is 5.91 Å². The van der Waals surface area contributed by atoms with Crippen molar-refractivity contribution in [1.29, 1.82) is 0 Å². The van der Waals surface area contributed by atoms with Crippen LogP contribution < -0.4 is 30.4 Å². The Bertz CT molecular complexity index is 877. The van der Waals surface area contributed by atoms with E-state index in [0.717, 1.165) is 24.2 Å². The maximum atomic E-state index is 12.8. The zero-order valence-electron chi connectivity index (χ0n) is 17.5. The largest absolute Gasteiger partial charge is 0.495 e. The van der Waals surface area contributed by atoms with Crippen LogP contribution in [0.4, 0.5) is 5.69 Å². The van der Waals surface area contributed by atoms with Gasteiger partial charge in [0, 0.05) is 11.6 Å². The van der Waals surface area contributed by atoms with E-state index in [-0.39, 0.29) is 11.9 Å². The lowest BCUT2D eigenvalue weighted by Gasteiger charge is -2.16. The zero-order chi connectivity index (χ0) is 21.5. The van der Waals surface area contributed by atoms with Crippen molar-refractivity contribution in [3.63, 3.8) is 0 Å². The fraction of sp³-hybridized carbons (Fsp3) is 0.409. The number of carbonyl (C=O) groups is 1. The fourth-order valence-electron chi connectivity index (χ4n) is 3.34. The standard InChI is InChI=1S/C22H28ClN3O4/c1-4-5-10-30-19-9-7-6-8-14(19)16-12-18(26-25-16)22(27)24-17-11-15(23)20(28-2)13-21(17)29-3/h6-9,11,13,16,18,25-26H,4-5,10,12H2,1-3H3,(H,24,27). The molecule has 3 N–H and O–H groups in total. The van der Waals surface area contributed by atoms with E-state index in [9.17, 15) is 4.79 Å². The predicted molar refractivity (Wildman–Crippen MR) is 117 cm³/mol. The maximum absolute atomic E-state index is 12.8. The molecule has 1 aliphatic heterocycles. The van der Waals surface area contributed by atoms with Gasteiger partial charge in [0.1, 0.15) is 23.3 Å². The number of rotatable bonds is 9. The molecule has 30 heavy (non-hydrogen) atoms. The highest BCUT2D eigenvalue weighted by molar-refractivity contribution is 6.32. The van der Waals surface area contributed by atoms with E-state index in [1.165, 1.54) is 14.2 Å². The second kappa shape index (κ2) is 10.5. The summed E-state index contributed by atoms with van der Waals surface area (Å²) in [5, 5.41) is 3.28. The zero-order valence-corrected chi connectivity index (χ0v) is 18.2. The van der Waals surface area contributed by atoms with Crippen molar-refractivity contribution >= 4 is 23.2 Å². The van der Waals surface area contributed by atoms with E-state index >= 15 is 0 Å². The van der Waals surface area contributed by atoms with Gasteiger partial charge in [-0.3, -0.25) is 4.79 Å². The molecule has 2 aromatic rings. The summed E-state index contributed by atoms with van der Waals surface area (Å²) in [4.78, 5) is 12.8. The third kappa shape index (κ3) is 5.16. The highest BCUT2D eigenvalue weighted by Crippen LogP contribution is 2.36. The van der Waals surface area contributed by atoms with E-state index in [4.69, 9.17) is 25.8 Å². The van der Waals surface area contributed by atoms with Crippen LogP contribution >= 0.6 is 11.6 Å². The first kappa shape index (κ1) is 22.2. The summed E-state index contributed by atoms with van der Waals surface area (Å²) in [7, 11) is 3.05. The molecule has 0 radical (unpaired) electrons. The van der Waals surface area contributed by atoms with Gasteiger partial charge in [0.25, 0.3) is 0 Å². The van der Waals surface area contributed by atoms with Gasteiger partial charge in [-0.05, 0) is 25.0 Å². The van der Waals surface area contributed by atoms with Crippen molar-refractivity contribution in [1.82, 2.24) is 10.9 Å². The van der Waals surface area contributed by atoms with Crippen LogP contribution in [-0.4, -0.2) is 32.8 Å². The average Bonchev–Trinajstić information content (AvgIpc) is 3.25. The van der Waals surface area contributed by atoms with Gasteiger partial charge in [-0.15, -0.1) is 0 Å². The van der Waals surface area contributed by atoms with E-state index in [0.29, 0.717) is 35.2 Å².